The maximum absolute atomic E-state index is 12.4. The van der Waals surface area contributed by atoms with Crippen LogP contribution in [-0.4, -0.2) is 45.9 Å². The van der Waals surface area contributed by atoms with Crippen LogP contribution >= 0.6 is 11.3 Å². The van der Waals surface area contributed by atoms with Crippen LogP contribution in [0, 0.1) is 5.92 Å². The number of carbonyl (C=O) groups is 1. The third-order valence-electron chi connectivity index (χ3n) is 5.12. The molecule has 28 heavy (non-hydrogen) atoms. The van der Waals surface area contributed by atoms with E-state index in [1.54, 1.807) is 12.1 Å². The maximum atomic E-state index is 12.4. The van der Waals surface area contributed by atoms with Crippen molar-refractivity contribution < 1.29 is 13.2 Å². The van der Waals surface area contributed by atoms with E-state index in [1.807, 2.05) is 17.5 Å². The van der Waals surface area contributed by atoms with Crippen molar-refractivity contribution in [2.45, 2.75) is 30.7 Å². The van der Waals surface area contributed by atoms with Gasteiger partial charge < -0.3 is 10.2 Å². The second-order valence-corrected chi connectivity index (χ2v) is 10.0. The summed E-state index contributed by atoms with van der Waals surface area (Å²) < 4.78 is 27.3. The molecule has 0 saturated carbocycles. The molecule has 8 heteroatoms. The molecular weight excluding hydrogens is 394 g/mol. The smallest absolute Gasteiger partial charge is 0.251 e. The first-order chi connectivity index (χ1) is 13.4. The molecule has 6 nitrogen and oxygen atoms in total. The minimum absolute atomic E-state index is 0.159. The molecule has 1 aliphatic rings. The molecular formula is C20H27N3O3S2. The van der Waals surface area contributed by atoms with E-state index < -0.39 is 10.0 Å². The van der Waals surface area contributed by atoms with E-state index in [9.17, 15) is 13.2 Å². The van der Waals surface area contributed by atoms with E-state index in [4.69, 9.17) is 0 Å². The molecule has 1 saturated heterocycles. The fourth-order valence-electron chi connectivity index (χ4n) is 3.29. The second-order valence-electron chi connectivity index (χ2n) is 7.22. The Balaban J connectivity index is 1.48. The van der Waals surface area contributed by atoms with E-state index in [0.29, 0.717) is 18.0 Å². The summed E-state index contributed by atoms with van der Waals surface area (Å²) in [7, 11) is -1.46. The molecule has 2 aromatic rings. The van der Waals surface area contributed by atoms with Gasteiger partial charge in [0.15, 0.2) is 0 Å². The molecule has 3 rings (SSSR count). The highest BCUT2D eigenvalue weighted by molar-refractivity contribution is 7.89. The van der Waals surface area contributed by atoms with Gasteiger partial charge >= 0.3 is 0 Å². The van der Waals surface area contributed by atoms with Crippen molar-refractivity contribution in [3.8, 4) is 0 Å². The summed E-state index contributed by atoms with van der Waals surface area (Å²) in [6.07, 6.45) is 3.34. The molecule has 1 fully saturated rings. The first-order valence-electron chi connectivity index (χ1n) is 9.53. The Bertz CT molecular complexity index is 857. The van der Waals surface area contributed by atoms with E-state index in [1.165, 1.54) is 36.3 Å². The van der Waals surface area contributed by atoms with Gasteiger partial charge in [-0.05, 0) is 81.0 Å². The Morgan fingerprint density at radius 1 is 1.18 bits per heavy atom. The number of nitrogens with zero attached hydrogens (tertiary/aromatic N) is 1. The number of rotatable bonds is 8. The van der Waals surface area contributed by atoms with Crippen LogP contribution in [0.2, 0.25) is 0 Å². The van der Waals surface area contributed by atoms with Crippen molar-refractivity contribution in [2.75, 3.05) is 26.7 Å². The van der Waals surface area contributed by atoms with Crippen LogP contribution in [0.3, 0.4) is 0 Å². The van der Waals surface area contributed by atoms with Crippen molar-refractivity contribution >= 4 is 27.3 Å². The first-order valence-corrected chi connectivity index (χ1v) is 11.9. The summed E-state index contributed by atoms with van der Waals surface area (Å²) in [4.78, 5) is 15.7. The van der Waals surface area contributed by atoms with Gasteiger partial charge in [0.1, 0.15) is 0 Å². The molecule has 1 aromatic heterocycles. The van der Waals surface area contributed by atoms with E-state index in [0.717, 1.165) is 24.4 Å². The Labute approximate surface area is 171 Å². The van der Waals surface area contributed by atoms with Gasteiger partial charge in [0.25, 0.3) is 5.91 Å². The van der Waals surface area contributed by atoms with Crippen LogP contribution in [0.1, 0.15) is 34.5 Å². The van der Waals surface area contributed by atoms with Gasteiger partial charge in [-0.25, -0.2) is 13.1 Å². The number of thiophene rings is 1. The lowest BCUT2D eigenvalue weighted by molar-refractivity contribution is 0.0949. The second kappa shape index (κ2) is 9.65. The zero-order valence-electron chi connectivity index (χ0n) is 16.1. The molecule has 2 N–H and O–H groups in total. The largest absolute Gasteiger partial charge is 0.352 e. The van der Waals surface area contributed by atoms with E-state index >= 15 is 0 Å². The molecule has 1 aromatic carbocycles. The van der Waals surface area contributed by atoms with Crippen LogP contribution in [0.15, 0.2) is 46.7 Å². The predicted molar refractivity (Wildman–Crippen MR) is 112 cm³/mol. The zero-order chi connectivity index (χ0) is 20.0. The normalized spacial score (nSPS) is 16.2. The van der Waals surface area contributed by atoms with Gasteiger partial charge in [0.05, 0.1) is 4.90 Å². The highest BCUT2D eigenvalue weighted by atomic mass is 32.2. The summed E-state index contributed by atoms with van der Waals surface area (Å²) in [5, 5.41) is 4.85. The number of sulfonamides is 1. The monoisotopic (exact) mass is 421 g/mol. The Kier molecular flexibility index (Phi) is 7.23. The van der Waals surface area contributed by atoms with Crippen molar-refractivity contribution in [3.63, 3.8) is 0 Å². The van der Waals surface area contributed by atoms with Crippen molar-refractivity contribution in [1.29, 1.82) is 0 Å². The fourth-order valence-corrected chi connectivity index (χ4v) is 5.03. The van der Waals surface area contributed by atoms with E-state index in [2.05, 4.69) is 22.0 Å². The van der Waals surface area contributed by atoms with Gasteiger partial charge in [-0.1, -0.05) is 6.07 Å². The third-order valence-corrected chi connectivity index (χ3v) is 7.41. The average Bonchev–Trinajstić information content (AvgIpc) is 3.22. The minimum atomic E-state index is -3.59. The molecule has 0 unspecified atom stereocenters. The number of carbonyl (C=O) groups excluding carboxylic acids is 1. The number of amides is 1. The topological polar surface area (TPSA) is 78.5 Å². The minimum Gasteiger partial charge on any atom is -0.352 e. The lowest BCUT2D eigenvalue weighted by Gasteiger charge is -2.28. The highest BCUT2D eigenvalue weighted by Gasteiger charge is 2.17. The van der Waals surface area contributed by atoms with Crippen LogP contribution < -0.4 is 10.0 Å². The summed E-state index contributed by atoms with van der Waals surface area (Å²) >= 11 is 1.50. The van der Waals surface area contributed by atoms with Crippen LogP contribution in [-0.2, 0) is 16.6 Å². The van der Waals surface area contributed by atoms with Crippen molar-refractivity contribution in [1.82, 2.24) is 14.9 Å². The lowest BCUT2D eigenvalue weighted by atomic mass is 9.94. The molecule has 2 heterocycles. The first kappa shape index (κ1) is 21.0. The van der Waals surface area contributed by atoms with E-state index in [-0.39, 0.29) is 17.3 Å². The van der Waals surface area contributed by atoms with Crippen molar-refractivity contribution in [2.24, 2.45) is 5.92 Å². The van der Waals surface area contributed by atoms with Gasteiger partial charge in [-0.3, -0.25) is 4.79 Å². The number of benzene rings is 1. The molecule has 0 radical (unpaired) electrons. The number of nitrogens with one attached hydrogen (secondary N) is 2. The summed E-state index contributed by atoms with van der Waals surface area (Å²) in [5.74, 6) is 0.502. The fraction of sp³-hybridized carbons (Fsp3) is 0.450. The summed E-state index contributed by atoms with van der Waals surface area (Å²) in [6, 6.07) is 9.83. The van der Waals surface area contributed by atoms with Gasteiger partial charge in [-0.15, -0.1) is 11.3 Å². The summed E-state index contributed by atoms with van der Waals surface area (Å²) in [6.45, 7) is 3.15. The number of hydrogen-bond donors (Lipinski definition) is 2. The van der Waals surface area contributed by atoms with Gasteiger partial charge in [0.2, 0.25) is 10.0 Å². The Hall–Kier alpha value is -1.74. The molecule has 0 bridgehead atoms. The SMILES string of the molecule is CN1CCC(CCNC(=O)c2ccc(S(=O)(=O)NCc3cccs3)cc2)CC1. The van der Waals surface area contributed by atoms with Crippen molar-refractivity contribution in [3.05, 3.63) is 52.2 Å². The third kappa shape index (κ3) is 5.88. The molecule has 1 amide bonds. The number of hydrogen-bond acceptors (Lipinski definition) is 5. The molecule has 152 valence electrons. The number of likely N-dealkylation sites (tertiary alicyclic amines) is 1. The molecule has 0 spiro atoms. The maximum Gasteiger partial charge on any atom is 0.251 e. The summed E-state index contributed by atoms with van der Waals surface area (Å²) in [5.41, 5.74) is 0.473. The molecule has 1 aliphatic heterocycles. The molecule has 0 atom stereocenters. The lowest BCUT2D eigenvalue weighted by Crippen LogP contribution is -2.32. The quantitative estimate of drug-likeness (QED) is 0.687. The Morgan fingerprint density at radius 3 is 2.54 bits per heavy atom. The Morgan fingerprint density at radius 2 is 1.89 bits per heavy atom. The predicted octanol–water partition coefficient (Wildman–Crippen LogP) is 2.69. The van der Waals surface area contributed by atoms with Crippen LogP contribution in [0.25, 0.3) is 0 Å². The highest BCUT2D eigenvalue weighted by Crippen LogP contribution is 2.19. The zero-order valence-corrected chi connectivity index (χ0v) is 17.7. The van der Waals surface area contributed by atoms with Crippen LogP contribution in [0.5, 0.6) is 0 Å². The molecule has 0 aliphatic carbocycles. The van der Waals surface area contributed by atoms with Gasteiger partial charge in [-0.2, -0.15) is 0 Å². The average molecular weight is 422 g/mol. The van der Waals surface area contributed by atoms with Crippen LogP contribution in [0.4, 0.5) is 0 Å². The standard InChI is InChI=1S/C20H27N3O3S2/c1-23-12-9-16(10-13-23)8-11-21-20(24)17-4-6-19(7-5-17)28(25,26)22-15-18-3-2-14-27-18/h2-7,14,16,22H,8-13,15H2,1H3,(H,21,24). The van der Waals surface area contributed by atoms with Gasteiger partial charge in [0, 0.05) is 23.5 Å². The number of piperidine rings is 1.